The molecular formula is C17H19NOS. The van der Waals surface area contributed by atoms with Crippen LogP contribution in [0.25, 0.3) is 10.1 Å². The molecule has 3 rings (SSSR count). The summed E-state index contributed by atoms with van der Waals surface area (Å²) in [5.74, 6) is 1.98. The summed E-state index contributed by atoms with van der Waals surface area (Å²) in [6.07, 6.45) is 0. The summed E-state index contributed by atoms with van der Waals surface area (Å²) in [5.41, 5.74) is 2.59. The molecule has 1 atom stereocenters. The fourth-order valence-corrected chi connectivity index (χ4v) is 3.74. The van der Waals surface area contributed by atoms with Crippen LogP contribution in [0.1, 0.15) is 35.6 Å². The molecule has 0 aliphatic heterocycles. The summed E-state index contributed by atoms with van der Waals surface area (Å²) in [5, 5.41) is 7.19. The van der Waals surface area contributed by atoms with Crippen molar-refractivity contribution in [2.75, 3.05) is 6.54 Å². The summed E-state index contributed by atoms with van der Waals surface area (Å²) >= 11 is 1.80. The van der Waals surface area contributed by atoms with Crippen LogP contribution < -0.4 is 5.32 Å². The van der Waals surface area contributed by atoms with Crippen molar-refractivity contribution in [3.05, 3.63) is 58.4 Å². The van der Waals surface area contributed by atoms with E-state index in [2.05, 4.69) is 48.0 Å². The minimum atomic E-state index is 0.202. The lowest BCUT2D eigenvalue weighted by Crippen LogP contribution is -2.21. The van der Waals surface area contributed by atoms with Gasteiger partial charge in [0, 0.05) is 10.3 Å². The van der Waals surface area contributed by atoms with Crippen LogP contribution in [-0.2, 0) is 0 Å². The van der Waals surface area contributed by atoms with E-state index < -0.39 is 0 Å². The van der Waals surface area contributed by atoms with Gasteiger partial charge >= 0.3 is 0 Å². The highest BCUT2D eigenvalue weighted by Crippen LogP contribution is 2.35. The molecule has 2 heterocycles. The molecule has 104 valence electrons. The molecule has 3 aromatic rings. The lowest BCUT2D eigenvalue weighted by molar-refractivity contribution is 0.495. The van der Waals surface area contributed by atoms with Crippen LogP contribution in [0.3, 0.4) is 0 Å². The van der Waals surface area contributed by atoms with Crippen molar-refractivity contribution in [3.63, 3.8) is 0 Å². The van der Waals surface area contributed by atoms with Crippen LogP contribution in [0, 0.1) is 13.8 Å². The Labute approximate surface area is 123 Å². The molecule has 20 heavy (non-hydrogen) atoms. The van der Waals surface area contributed by atoms with Crippen molar-refractivity contribution >= 4 is 21.4 Å². The first kappa shape index (κ1) is 13.4. The standard InChI is InChI=1S/C17H19NOS/c1-4-18-17(14-9-11(2)19-12(14)3)15-10-20-16-8-6-5-7-13(15)16/h5-10,17-18H,4H2,1-3H3. The number of rotatable bonds is 4. The van der Waals surface area contributed by atoms with Gasteiger partial charge in [0.15, 0.2) is 0 Å². The van der Waals surface area contributed by atoms with Gasteiger partial charge in [-0.25, -0.2) is 0 Å². The molecule has 2 aromatic heterocycles. The lowest BCUT2D eigenvalue weighted by Gasteiger charge is -2.17. The summed E-state index contributed by atoms with van der Waals surface area (Å²) < 4.78 is 7.05. The van der Waals surface area contributed by atoms with Crippen molar-refractivity contribution in [2.24, 2.45) is 0 Å². The Hall–Kier alpha value is -1.58. The molecular weight excluding hydrogens is 266 g/mol. The molecule has 2 nitrogen and oxygen atoms in total. The van der Waals surface area contributed by atoms with E-state index in [9.17, 15) is 0 Å². The molecule has 3 heteroatoms. The summed E-state index contributed by atoms with van der Waals surface area (Å²) in [4.78, 5) is 0. The number of aryl methyl sites for hydroxylation is 2. The van der Waals surface area contributed by atoms with Crippen molar-refractivity contribution in [3.8, 4) is 0 Å². The second-order valence-corrected chi connectivity index (χ2v) is 5.96. The largest absolute Gasteiger partial charge is 0.466 e. The van der Waals surface area contributed by atoms with Crippen molar-refractivity contribution < 1.29 is 4.42 Å². The highest BCUT2D eigenvalue weighted by molar-refractivity contribution is 7.17. The van der Waals surface area contributed by atoms with Crippen LogP contribution >= 0.6 is 11.3 Å². The first-order valence-corrected chi connectivity index (χ1v) is 7.85. The number of fused-ring (bicyclic) bond motifs is 1. The van der Waals surface area contributed by atoms with Crippen LogP contribution in [-0.4, -0.2) is 6.54 Å². The van der Waals surface area contributed by atoms with Gasteiger partial charge in [-0.05, 0) is 48.9 Å². The Morgan fingerprint density at radius 1 is 1.20 bits per heavy atom. The predicted molar refractivity (Wildman–Crippen MR) is 85.5 cm³/mol. The van der Waals surface area contributed by atoms with Gasteiger partial charge in [0.25, 0.3) is 0 Å². The average Bonchev–Trinajstić information content (AvgIpc) is 3.00. The third-order valence-corrected chi connectivity index (χ3v) is 4.60. The maximum Gasteiger partial charge on any atom is 0.106 e. The zero-order valence-electron chi connectivity index (χ0n) is 12.1. The van der Waals surface area contributed by atoms with Gasteiger partial charge in [-0.2, -0.15) is 0 Å². The van der Waals surface area contributed by atoms with Gasteiger partial charge in [0.05, 0.1) is 6.04 Å². The van der Waals surface area contributed by atoms with E-state index in [1.54, 1.807) is 11.3 Å². The Bertz CT molecular complexity index is 726. The molecule has 0 saturated heterocycles. The molecule has 0 amide bonds. The minimum Gasteiger partial charge on any atom is -0.466 e. The quantitative estimate of drug-likeness (QED) is 0.744. The van der Waals surface area contributed by atoms with Crippen molar-refractivity contribution in [1.29, 1.82) is 0 Å². The Kier molecular flexibility index (Phi) is 3.64. The van der Waals surface area contributed by atoms with Crippen LogP contribution in [0.15, 0.2) is 40.1 Å². The van der Waals surface area contributed by atoms with Crippen molar-refractivity contribution in [2.45, 2.75) is 26.8 Å². The van der Waals surface area contributed by atoms with E-state index in [1.165, 1.54) is 21.2 Å². The first-order chi connectivity index (χ1) is 9.70. The second-order valence-electron chi connectivity index (χ2n) is 5.05. The third-order valence-electron chi connectivity index (χ3n) is 3.62. The zero-order valence-corrected chi connectivity index (χ0v) is 12.9. The molecule has 1 aromatic carbocycles. The molecule has 0 aliphatic rings. The maximum absolute atomic E-state index is 5.72. The number of hydrogen-bond acceptors (Lipinski definition) is 3. The molecule has 0 fully saturated rings. The van der Waals surface area contributed by atoms with Gasteiger partial charge in [-0.15, -0.1) is 11.3 Å². The van der Waals surface area contributed by atoms with E-state index in [-0.39, 0.29) is 6.04 Å². The number of hydrogen-bond donors (Lipinski definition) is 1. The highest BCUT2D eigenvalue weighted by atomic mass is 32.1. The van der Waals surface area contributed by atoms with Crippen LogP contribution in [0.2, 0.25) is 0 Å². The molecule has 0 saturated carbocycles. The van der Waals surface area contributed by atoms with E-state index in [0.717, 1.165) is 18.1 Å². The first-order valence-electron chi connectivity index (χ1n) is 6.97. The highest BCUT2D eigenvalue weighted by Gasteiger charge is 2.21. The molecule has 0 bridgehead atoms. The summed E-state index contributed by atoms with van der Waals surface area (Å²) in [6.45, 7) is 7.12. The number of furan rings is 1. The molecule has 0 spiro atoms. The molecule has 1 N–H and O–H groups in total. The molecule has 1 unspecified atom stereocenters. The second kappa shape index (κ2) is 5.43. The Morgan fingerprint density at radius 3 is 2.70 bits per heavy atom. The fraction of sp³-hybridized carbons (Fsp3) is 0.294. The number of nitrogens with one attached hydrogen (secondary N) is 1. The monoisotopic (exact) mass is 285 g/mol. The fourth-order valence-electron chi connectivity index (χ4n) is 2.75. The van der Waals surface area contributed by atoms with Gasteiger partial charge in [-0.1, -0.05) is 25.1 Å². The van der Waals surface area contributed by atoms with Crippen molar-refractivity contribution in [1.82, 2.24) is 5.32 Å². The smallest absolute Gasteiger partial charge is 0.106 e. The van der Waals surface area contributed by atoms with E-state index in [0.29, 0.717) is 0 Å². The van der Waals surface area contributed by atoms with Gasteiger partial charge in [0.1, 0.15) is 11.5 Å². The van der Waals surface area contributed by atoms with Crippen LogP contribution in [0.4, 0.5) is 0 Å². The molecule has 0 radical (unpaired) electrons. The number of thiophene rings is 1. The maximum atomic E-state index is 5.72. The zero-order chi connectivity index (χ0) is 14.1. The minimum absolute atomic E-state index is 0.202. The Morgan fingerprint density at radius 2 is 2.00 bits per heavy atom. The van der Waals surface area contributed by atoms with E-state index >= 15 is 0 Å². The molecule has 0 aliphatic carbocycles. The van der Waals surface area contributed by atoms with E-state index in [1.807, 2.05) is 13.8 Å². The number of benzene rings is 1. The topological polar surface area (TPSA) is 25.2 Å². The SMILES string of the molecule is CCNC(c1cc(C)oc1C)c1csc2ccccc12. The van der Waals surface area contributed by atoms with Crippen LogP contribution in [0.5, 0.6) is 0 Å². The summed E-state index contributed by atoms with van der Waals surface area (Å²) in [6, 6.07) is 10.9. The third kappa shape index (κ3) is 2.28. The van der Waals surface area contributed by atoms with E-state index in [4.69, 9.17) is 4.42 Å². The average molecular weight is 285 g/mol. The lowest BCUT2D eigenvalue weighted by atomic mass is 9.98. The van der Waals surface area contributed by atoms with Gasteiger partial charge in [0.2, 0.25) is 0 Å². The predicted octanol–water partition coefficient (Wildman–Crippen LogP) is 4.81. The van der Waals surface area contributed by atoms with Gasteiger partial charge < -0.3 is 9.73 Å². The Balaban J connectivity index is 2.13. The summed E-state index contributed by atoms with van der Waals surface area (Å²) in [7, 11) is 0. The van der Waals surface area contributed by atoms with Gasteiger partial charge in [-0.3, -0.25) is 0 Å². The normalized spacial score (nSPS) is 12.9.